The maximum Gasteiger partial charge on any atom is 0.0918 e. The molecule has 7 heterocycles. The average Bonchev–Trinajstić information content (AvgIpc) is 3.87. The van der Waals surface area contributed by atoms with Crippen LogP contribution in [0.5, 0.6) is 0 Å². The highest BCUT2D eigenvalue weighted by molar-refractivity contribution is 7.99. The van der Waals surface area contributed by atoms with E-state index in [1.165, 1.54) is 63.5 Å². The highest BCUT2D eigenvalue weighted by atomic mass is 32.2. The first-order chi connectivity index (χ1) is 32.2. The molecule has 3 N–H and O–H groups in total. The number of rotatable bonds is 9. The summed E-state index contributed by atoms with van der Waals surface area (Å²) in [5, 5.41) is 12.3. The molecule has 0 aromatic heterocycles. The largest absolute Gasteiger partial charge is 0.369 e. The van der Waals surface area contributed by atoms with Crippen molar-refractivity contribution in [2.24, 2.45) is 0 Å². The summed E-state index contributed by atoms with van der Waals surface area (Å²) in [6.45, 7) is 4.32. The van der Waals surface area contributed by atoms with Gasteiger partial charge in [0.15, 0.2) is 0 Å². The van der Waals surface area contributed by atoms with E-state index < -0.39 is 0 Å². The lowest BCUT2D eigenvalue weighted by molar-refractivity contribution is 0.197. The maximum absolute atomic E-state index is 4.15. The van der Waals surface area contributed by atoms with Crippen LogP contribution in [0.25, 0.3) is 0 Å². The number of piperidine rings is 1. The van der Waals surface area contributed by atoms with Crippen LogP contribution >= 0.6 is 11.8 Å². The van der Waals surface area contributed by atoms with Crippen LogP contribution in [0.1, 0.15) is 57.5 Å². The van der Waals surface area contributed by atoms with Gasteiger partial charge < -0.3 is 10.6 Å². The molecule has 7 aliphatic heterocycles. The number of nitrogens with zero attached hydrogens (tertiary/aromatic N) is 3. The molecule has 14 rings (SSSR count). The molecule has 7 aliphatic rings. The van der Waals surface area contributed by atoms with E-state index in [1.54, 1.807) is 5.56 Å². The fraction of sp³-hybridized carbons (Fsp3) is 0.276. The van der Waals surface area contributed by atoms with Crippen LogP contribution in [0, 0.1) is 0 Å². The van der Waals surface area contributed by atoms with Gasteiger partial charge in [0.05, 0.1) is 23.6 Å². The van der Waals surface area contributed by atoms with Crippen molar-refractivity contribution in [1.29, 1.82) is 0 Å². The quantitative estimate of drug-likeness (QED) is 0.0987. The van der Waals surface area contributed by atoms with Crippen molar-refractivity contribution in [2.75, 3.05) is 23.7 Å². The summed E-state index contributed by atoms with van der Waals surface area (Å²) < 4.78 is 0. The predicted molar refractivity (Wildman–Crippen MR) is 265 cm³/mol. The Hall–Kier alpha value is -5.67. The SMILES string of the molecule is c1ccc(CN2CC[C@@]34c5ccccc5N[C@@H]3N3C(c5ccccc5)[C@@H]3[C@@H]24)cc1.c1ccc(CN2CC[C@@]34c5ccccc5N[C@@H]3NC([C@@H](Sc3ccccc3)c3ccccc3)[C@@H]24)cc1. The topological polar surface area (TPSA) is 45.6 Å². The predicted octanol–water partition coefficient (Wildman–Crippen LogP) is 10.8. The molecule has 0 saturated carbocycles. The average molecular weight is 869 g/mol. The number of para-hydroxylation sites is 2. The molecule has 11 atom stereocenters. The third-order valence-corrected chi connectivity index (χ3v) is 17.6. The zero-order chi connectivity index (χ0) is 43.0. The number of anilines is 2. The van der Waals surface area contributed by atoms with E-state index in [-0.39, 0.29) is 17.0 Å². The van der Waals surface area contributed by atoms with Crippen molar-refractivity contribution in [1.82, 2.24) is 20.0 Å². The highest BCUT2D eigenvalue weighted by Gasteiger charge is 2.77. The molecule has 6 nitrogen and oxygen atoms in total. The van der Waals surface area contributed by atoms with Crippen LogP contribution in [-0.4, -0.2) is 64.3 Å². The van der Waals surface area contributed by atoms with Gasteiger partial charge in [-0.1, -0.05) is 176 Å². The molecule has 0 amide bonds. The lowest BCUT2D eigenvalue weighted by Gasteiger charge is -2.37. The van der Waals surface area contributed by atoms with Crippen LogP contribution in [0.15, 0.2) is 205 Å². The third kappa shape index (κ3) is 6.38. The molecule has 7 heteroatoms. The Kier molecular flexibility index (Phi) is 9.79. The monoisotopic (exact) mass is 868 g/mol. The van der Waals surface area contributed by atoms with Crippen molar-refractivity contribution in [3.63, 3.8) is 0 Å². The van der Waals surface area contributed by atoms with E-state index in [2.05, 4.69) is 231 Å². The van der Waals surface area contributed by atoms with E-state index in [0.29, 0.717) is 41.6 Å². The first-order valence-corrected chi connectivity index (χ1v) is 24.7. The fourth-order valence-electron chi connectivity index (χ4n) is 13.7. The zero-order valence-electron chi connectivity index (χ0n) is 36.7. The van der Waals surface area contributed by atoms with Gasteiger partial charge in [0.2, 0.25) is 0 Å². The number of nitrogens with one attached hydrogen (secondary N) is 3. The van der Waals surface area contributed by atoms with Gasteiger partial charge in [0.1, 0.15) is 0 Å². The minimum Gasteiger partial charge on any atom is -0.369 e. The molecule has 65 heavy (non-hydrogen) atoms. The van der Waals surface area contributed by atoms with Crippen LogP contribution in [0.2, 0.25) is 0 Å². The van der Waals surface area contributed by atoms with Gasteiger partial charge in [-0.15, -0.1) is 11.8 Å². The Morgan fingerprint density at radius 1 is 0.523 bits per heavy atom. The molecule has 0 aliphatic carbocycles. The van der Waals surface area contributed by atoms with E-state index in [0.717, 1.165) is 19.6 Å². The van der Waals surface area contributed by atoms with E-state index in [9.17, 15) is 0 Å². The molecule has 5 saturated heterocycles. The van der Waals surface area contributed by atoms with Gasteiger partial charge in [-0.2, -0.15) is 0 Å². The van der Waals surface area contributed by atoms with Crippen molar-refractivity contribution in [3.8, 4) is 0 Å². The normalized spacial score (nSPS) is 31.1. The van der Waals surface area contributed by atoms with E-state index in [1.807, 2.05) is 11.8 Å². The summed E-state index contributed by atoms with van der Waals surface area (Å²) in [6, 6.07) is 75.6. The summed E-state index contributed by atoms with van der Waals surface area (Å²) in [7, 11) is 0. The van der Waals surface area contributed by atoms with Crippen molar-refractivity contribution in [2.45, 2.75) is 89.4 Å². The van der Waals surface area contributed by atoms with Gasteiger partial charge in [-0.3, -0.25) is 20.0 Å². The molecule has 7 aromatic carbocycles. The smallest absolute Gasteiger partial charge is 0.0918 e. The molecule has 0 bridgehead atoms. The summed E-state index contributed by atoms with van der Waals surface area (Å²) in [5.74, 6) is 0. The number of thioether (sulfide) groups is 1. The molecule has 324 valence electrons. The van der Waals surface area contributed by atoms with E-state index >= 15 is 0 Å². The molecule has 0 radical (unpaired) electrons. The Morgan fingerprint density at radius 2 is 1.03 bits per heavy atom. The fourth-order valence-corrected chi connectivity index (χ4v) is 15.0. The Balaban J connectivity index is 0.000000133. The second kappa shape index (κ2) is 16.0. The first-order valence-electron chi connectivity index (χ1n) is 23.8. The second-order valence-electron chi connectivity index (χ2n) is 19.3. The summed E-state index contributed by atoms with van der Waals surface area (Å²) in [5.41, 5.74) is 11.6. The Morgan fingerprint density at radius 3 is 1.68 bits per heavy atom. The van der Waals surface area contributed by atoms with Crippen molar-refractivity contribution in [3.05, 3.63) is 234 Å². The molecular formula is C58H56N6S. The van der Waals surface area contributed by atoms with Gasteiger partial charge >= 0.3 is 0 Å². The number of hydrogen-bond acceptors (Lipinski definition) is 7. The van der Waals surface area contributed by atoms with E-state index in [4.69, 9.17) is 0 Å². The summed E-state index contributed by atoms with van der Waals surface area (Å²) >= 11 is 2.00. The highest BCUT2D eigenvalue weighted by Crippen LogP contribution is 2.68. The third-order valence-electron chi connectivity index (χ3n) is 16.2. The lowest BCUT2D eigenvalue weighted by atomic mass is 9.73. The Labute approximate surface area is 388 Å². The number of fused-ring (bicyclic) bond motifs is 5. The van der Waals surface area contributed by atoms with Crippen LogP contribution in [0.3, 0.4) is 0 Å². The lowest BCUT2D eigenvalue weighted by Crippen LogP contribution is -2.48. The second-order valence-corrected chi connectivity index (χ2v) is 20.6. The van der Waals surface area contributed by atoms with Crippen LogP contribution in [0.4, 0.5) is 11.4 Å². The van der Waals surface area contributed by atoms with Crippen LogP contribution in [-0.2, 0) is 23.9 Å². The van der Waals surface area contributed by atoms with Crippen molar-refractivity contribution < 1.29 is 0 Å². The first kappa shape index (κ1) is 39.7. The number of likely N-dealkylation sites (tertiary alicyclic amines) is 2. The summed E-state index contributed by atoms with van der Waals surface area (Å²) in [6.07, 6.45) is 3.07. The standard InChI is InChI=1S/C32H31N3S.C26H25N3/c1-4-12-23(13-5-1)22-35-21-20-32-26-18-10-11-19-27(26)33-31(32)34-28(30(32)35)29(24-14-6-2-7-15-24)36-25-16-8-3-9-17-25;1-3-9-18(10-4-1)17-28-16-15-26-20-13-7-8-14-21(20)27-25(26)29-22(23(29)24(26)28)19-11-5-2-6-12-19/h1-19,28-31,33-34H,20-22H2;1-14,22-25,27H,15-17H2/t28?,29-,30+,31+,32-;22?,23-,24-,25-,26+,29?/m01/s1. The summed E-state index contributed by atoms with van der Waals surface area (Å²) in [4.78, 5) is 9.62. The minimum absolute atomic E-state index is 0.0698. The minimum atomic E-state index is 0.0698. The molecule has 3 unspecified atom stereocenters. The Bertz CT molecular complexity index is 2780. The van der Waals surface area contributed by atoms with Gasteiger partial charge in [-0.05, 0) is 83.6 Å². The van der Waals surface area contributed by atoms with Gasteiger partial charge in [-0.25, -0.2) is 0 Å². The zero-order valence-corrected chi connectivity index (χ0v) is 37.5. The molecule has 5 fully saturated rings. The van der Waals surface area contributed by atoms with Crippen molar-refractivity contribution >= 4 is 23.1 Å². The molecule has 2 spiro atoms. The van der Waals surface area contributed by atoms with Crippen LogP contribution < -0.4 is 16.0 Å². The van der Waals surface area contributed by atoms with Gasteiger partial charge in [0, 0.05) is 64.4 Å². The molecule has 7 aromatic rings. The number of hydrogen-bond donors (Lipinski definition) is 3. The maximum atomic E-state index is 4.15. The number of benzene rings is 7. The molecular weight excluding hydrogens is 813 g/mol. The van der Waals surface area contributed by atoms with Gasteiger partial charge in [0.25, 0.3) is 0 Å².